The van der Waals surface area contributed by atoms with Crippen molar-refractivity contribution in [3.63, 3.8) is 0 Å². The van der Waals surface area contributed by atoms with Crippen LogP contribution in [0.3, 0.4) is 0 Å². The second-order valence-electron chi connectivity index (χ2n) is 5.03. The molecular formula is C13H28N2O2. The molecule has 0 radical (unpaired) electrons. The monoisotopic (exact) mass is 244 g/mol. The minimum atomic E-state index is 0.122. The highest BCUT2D eigenvalue weighted by atomic mass is 16.5. The lowest BCUT2D eigenvalue weighted by Gasteiger charge is -2.44. The summed E-state index contributed by atoms with van der Waals surface area (Å²) in [6.07, 6.45) is 1.23. The average molecular weight is 244 g/mol. The van der Waals surface area contributed by atoms with Crippen molar-refractivity contribution in [2.24, 2.45) is 0 Å². The summed E-state index contributed by atoms with van der Waals surface area (Å²) in [6.45, 7) is 12.6. The minimum Gasteiger partial charge on any atom is -0.394 e. The first-order valence-corrected chi connectivity index (χ1v) is 6.85. The van der Waals surface area contributed by atoms with Crippen molar-refractivity contribution in [3.8, 4) is 0 Å². The molecule has 0 unspecified atom stereocenters. The molecule has 4 heteroatoms. The Labute approximate surface area is 106 Å². The van der Waals surface area contributed by atoms with Crippen molar-refractivity contribution in [2.75, 3.05) is 46.0 Å². The minimum absolute atomic E-state index is 0.122. The second kappa shape index (κ2) is 8.03. The third kappa shape index (κ3) is 4.92. The Balaban J connectivity index is 2.27. The molecule has 1 rings (SSSR count). The van der Waals surface area contributed by atoms with Crippen molar-refractivity contribution < 1.29 is 9.84 Å². The molecule has 1 aliphatic rings. The highest BCUT2D eigenvalue weighted by Gasteiger charge is 2.28. The molecule has 17 heavy (non-hydrogen) atoms. The van der Waals surface area contributed by atoms with Gasteiger partial charge in [-0.2, -0.15) is 0 Å². The van der Waals surface area contributed by atoms with Crippen LogP contribution in [0, 0.1) is 0 Å². The molecule has 102 valence electrons. The topological polar surface area (TPSA) is 35.9 Å². The van der Waals surface area contributed by atoms with Crippen molar-refractivity contribution in [2.45, 2.75) is 39.3 Å². The zero-order valence-corrected chi connectivity index (χ0v) is 11.6. The lowest BCUT2D eigenvalue weighted by Crippen LogP contribution is -2.57. The van der Waals surface area contributed by atoms with Crippen LogP contribution in [0.1, 0.15) is 27.2 Å². The maximum Gasteiger partial charge on any atom is 0.0698 e. The largest absolute Gasteiger partial charge is 0.394 e. The average Bonchev–Trinajstić information content (AvgIpc) is 2.29. The van der Waals surface area contributed by atoms with E-state index in [9.17, 15) is 0 Å². The number of nitrogens with zero attached hydrogens (tertiary/aromatic N) is 2. The standard InChI is InChI=1S/C13H28N2O2/c1-4-5-15-12(2)10-14(11-13(15)3)6-8-17-9-7-16/h12-13,16H,4-11H2,1-3H3/t12-,13-/m0/s1. The van der Waals surface area contributed by atoms with Crippen molar-refractivity contribution in [1.82, 2.24) is 9.80 Å². The van der Waals surface area contributed by atoms with Gasteiger partial charge in [0.1, 0.15) is 0 Å². The number of piperazine rings is 1. The van der Waals surface area contributed by atoms with Gasteiger partial charge in [0.15, 0.2) is 0 Å². The summed E-state index contributed by atoms with van der Waals surface area (Å²) in [5.41, 5.74) is 0. The van der Waals surface area contributed by atoms with E-state index in [1.165, 1.54) is 13.0 Å². The summed E-state index contributed by atoms with van der Waals surface area (Å²) < 4.78 is 5.33. The molecule has 0 aromatic rings. The lowest BCUT2D eigenvalue weighted by atomic mass is 10.1. The van der Waals surface area contributed by atoms with Gasteiger partial charge < -0.3 is 9.84 Å². The van der Waals surface area contributed by atoms with Crippen LogP contribution in [0.25, 0.3) is 0 Å². The predicted molar refractivity (Wildman–Crippen MR) is 70.3 cm³/mol. The smallest absolute Gasteiger partial charge is 0.0698 e. The third-order valence-corrected chi connectivity index (χ3v) is 3.45. The molecule has 0 aromatic carbocycles. The van der Waals surface area contributed by atoms with Crippen LogP contribution >= 0.6 is 0 Å². The summed E-state index contributed by atoms with van der Waals surface area (Å²) in [7, 11) is 0. The van der Waals surface area contributed by atoms with Gasteiger partial charge in [0.25, 0.3) is 0 Å². The summed E-state index contributed by atoms with van der Waals surface area (Å²) in [5.74, 6) is 0. The summed E-state index contributed by atoms with van der Waals surface area (Å²) in [4.78, 5) is 5.07. The molecule has 0 bridgehead atoms. The van der Waals surface area contributed by atoms with E-state index in [1.807, 2.05) is 0 Å². The molecule has 0 aromatic heterocycles. The fourth-order valence-electron chi connectivity index (χ4n) is 2.71. The summed E-state index contributed by atoms with van der Waals surface area (Å²) >= 11 is 0. The fraction of sp³-hybridized carbons (Fsp3) is 1.00. The van der Waals surface area contributed by atoms with Crippen LogP contribution in [0.2, 0.25) is 0 Å². The fourth-order valence-corrected chi connectivity index (χ4v) is 2.71. The normalized spacial score (nSPS) is 27.5. The van der Waals surface area contributed by atoms with Gasteiger partial charge in [0.2, 0.25) is 0 Å². The van der Waals surface area contributed by atoms with Gasteiger partial charge in [-0.05, 0) is 26.8 Å². The Morgan fingerprint density at radius 1 is 1.12 bits per heavy atom. The van der Waals surface area contributed by atoms with Gasteiger partial charge in [0.05, 0.1) is 19.8 Å². The first-order chi connectivity index (χ1) is 8.19. The molecule has 1 aliphatic heterocycles. The number of hydrogen-bond acceptors (Lipinski definition) is 4. The molecule has 1 heterocycles. The molecule has 1 N–H and O–H groups in total. The molecule has 0 spiro atoms. The zero-order chi connectivity index (χ0) is 12.7. The number of hydrogen-bond donors (Lipinski definition) is 1. The molecule has 1 fully saturated rings. The van der Waals surface area contributed by atoms with E-state index in [-0.39, 0.29) is 6.61 Å². The van der Waals surface area contributed by atoms with Crippen LogP contribution < -0.4 is 0 Å². The highest BCUT2D eigenvalue weighted by molar-refractivity contribution is 4.84. The van der Waals surface area contributed by atoms with Crippen LogP contribution in [0.5, 0.6) is 0 Å². The molecular weight excluding hydrogens is 216 g/mol. The Kier molecular flexibility index (Phi) is 7.04. The Morgan fingerprint density at radius 3 is 2.29 bits per heavy atom. The number of ether oxygens (including phenoxy) is 1. The van der Waals surface area contributed by atoms with E-state index in [0.29, 0.717) is 18.7 Å². The first kappa shape index (κ1) is 14.9. The Hall–Kier alpha value is -0.160. The van der Waals surface area contributed by atoms with E-state index in [2.05, 4.69) is 30.6 Å². The summed E-state index contributed by atoms with van der Waals surface area (Å²) in [6, 6.07) is 1.27. The van der Waals surface area contributed by atoms with E-state index >= 15 is 0 Å². The molecule has 1 saturated heterocycles. The van der Waals surface area contributed by atoms with E-state index in [4.69, 9.17) is 9.84 Å². The molecule has 0 amide bonds. The molecule has 4 nitrogen and oxygen atoms in total. The van der Waals surface area contributed by atoms with E-state index < -0.39 is 0 Å². The van der Waals surface area contributed by atoms with Crippen molar-refractivity contribution in [1.29, 1.82) is 0 Å². The van der Waals surface area contributed by atoms with Crippen molar-refractivity contribution >= 4 is 0 Å². The van der Waals surface area contributed by atoms with E-state index in [0.717, 1.165) is 26.2 Å². The van der Waals surface area contributed by atoms with Gasteiger partial charge in [0, 0.05) is 31.7 Å². The maximum atomic E-state index is 8.64. The lowest BCUT2D eigenvalue weighted by molar-refractivity contribution is 0.0157. The van der Waals surface area contributed by atoms with Crippen LogP contribution in [0.4, 0.5) is 0 Å². The third-order valence-electron chi connectivity index (χ3n) is 3.45. The molecule has 0 saturated carbocycles. The molecule has 0 aliphatic carbocycles. The first-order valence-electron chi connectivity index (χ1n) is 6.85. The van der Waals surface area contributed by atoms with Crippen molar-refractivity contribution in [3.05, 3.63) is 0 Å². The zero-order valence-electron chi connectivity index (χ0n) is 11.6. The number of aliphatic hydroxyl groups excluding tert-OH is 1. The van der Waals surface area contributed by atoms with Gasteiger partial charge in [-0.25, -0.2) is 0 Å². The Morgan fingerprint density at radius 2 is 1.76 bits per heavy atom. The Bertz CT molecular complexity index is 190. The van der Waals surface area contributed by atoms with Gasteiger partial charge in [-0.3, -0.25) is 9.80 Å². The number of rotatable bonds is 7. The predicted octanol–water partition coefficient (Wildman–Crippen LogP) is 0.800. The molecule has 2 atom stereocenters. The van der Waals surface area contributed by atoms with Gasteiger partial charge in [-0.1, -0.05) is 6.92 Å². The SMILES string of the molecule is CCCN1[C@@H](C)CN(CCOCCO)C[C@@H]1C. The summed E-state index contributed by atoms with van der Waals surface area (Å²) in [5, 5.41) is 8.64. The maximum absolute atomic E-state index is 8.64. The van der Waals surface area contributed by atoms with Crippen LogP contribution in [-0.4, -0.2) is 73.0 Å². The highest BCUT2D eigenvalue weighted by Crippen LogP contribution is 2.15. The van der Waals surface area contributed by atoms with E-state index in [1.54, 1.807) is 0 Å². The van der Waals surface area contributed by atoms with Crippen LogP contribution in [-0.2, 0) is 4.74 Å². The quantitative estimate of drug-likeness (QED) is 0.672. The number of aliphatic hydroxyl groups is 1. The van der Waals surface area contributed by atoms with Gasteiger partial charge in [-0.15, -0.1) is 0 Å². The van der Waals surface area contributed by atoms with Gasteiger partial charge >= 0.3 is 0 Å². The second-order valence-corrected chi connectivity index (χ2v) is 5.03. The van der Waals surface area contributed by atoms with Crippen LogP contribution in [0.15, 0.2) is 0 Å².